The summed E-state index contributed by atoms with van der Waals surface area (Å²) in [5.41, 5.74) is 0. The molecule has 0 fully saturated rings. The fourth-order valence-corrected chi connectivity index (χ4v) is 1.15. The Morgan fingerprint density at radius 2 is 2.25 bits per heavy atom. The highest BCUT2D eigenvalue weighted by atomic mass is 32.2. The molecule has 0 aromatic carbocycles. The van der Waals surface area contributed by atoms with Gasteiger partial charge in [0, 0.05) is 0 Å². The Balaban J connectivity index is 2.76. The lowest BCUT2D eigenvalue weighted by Crippen LogP contribution is -2.14. The number of furan rings is 1. The van der Waals surface area contributed by atoms with E-state index in [1.54, 1.807) is 0 Å². The highest BCUT2D eigenvalue weighted by molar-refractivity contribution is 7.86. The average Bonchev–Trinajstić information content (AvgIpc) is 2.32. The van der Waals surface area contributed by atoms with Gasteiger partial charge in [0.05, 0.1) is 6.26 Å². The lowest BCUT2D eigenvalue weighted by molar-refractivity contribution is 0.0989. The topological polar surface area (TPSA) is 84.6 Å². The quantitative estimate of drug-likeness (QED) is 0.549. The monoisotopic (exact) mass is 190 g/mol. The van der Waals surface area contributed by atoms with Crippen LogP contribution in [0.2, 0.25) is 0 Å². The normalized spacial score (nSPS) is 11.4. The van der Waals surface area contributed by atoms with Crippen molar-refractivity contribution in [2.24, 2.45) is 0 Å². The lowest BCUT2D eigenvalue weighted by atomic mass is 10.3. The second-order valence-corrected chi connectivity index (χ2v) is 3.58. The van der Waals surface area contributed by atoms with Crippen molar-refractivity contribution in [2.75, 3.05) is 5.75 Å². The molecule has 5 nitrogen and oxygen atoms in total. The minimum Gasteiger partial charge on any atom is -0.461 e. The molecular formula is C6H6O5S. The fraction of sp³-hybridized carbons (Fsp3) is 0.167. The van der Waals surface area contributed by atoms with E-state index in [0.717, 1.165) is 0 Å². The third kappa shape index (κ3) is 2.48. The molecule has 66 valence electrons. The number of rotatable bonds is 3. The van der Waals surface area contributed by atoms with Crippen LogP contribution in [-0.4, -0.2) is 24.5 Å². The van der Waals surface area contributed by atoms with E-state index in [9.17, 15) is 13.2 Å². The largest absolute Gasteiger partial charge is 0.461 e. The molecule has 0 bridgehead atoms. The van der Waals surface area contributed by atoms with E-state index in [0.29, 0.717) is 0 Å². The summed E-state index contributed by atoms with van der Waals surface area (Å²) in [6, 6.07) is 2.78. The highest BCUT2D eigenvalue weighted by Crippen LogP contribution is 2.02. The predicted octanol–water partition coefficient (Wildman–Crippen LogP) is 0.350. The van der Waals surface area contributed by atoms with Crippen LogP contribution < -0.4 is 0 Å². The molecule has 0 aliphatic heterocycles. The third-order valence-electron chi connectivity index (χ3n) is 1.11. The molecular weight excluding hydrogens is 184 g/mol. The zero-order valence-electron chi connectivity index (χ0n) is 5.93. The van der Waals surface area contributed by atoms with Crippen LogP contribution in [0.4, 0.5) is 0 Å². The van der Waals surface area contributed by atoms with E-state index in [1.807, 2.05) is 0 Å². The molecule has 1 rings (SSSR count). The molecule has 0 aliphatic rings. The van der Waals surface area contributed by atoms with Gasteiger partial charge in [-0.2, -0.15) is 8.42 Å². The first-order valence-corrected chi connectivity index (χ1v) is 4.62. The van der Waals surface area contributed by atoms with Gasteiger partial charge in [-0.15, -0.1) is 0 Å². The summed E-state index contributed by atoms with van der Waals surface area (Å²) >= 11 is 0. The van der Waals surface area contributed by atoms with Crippen molar-refractivity contribution in [3.05, 3.63) is 24.2 Å². The van der Waals surface area contributed by atoms with E-state index in [-0.39, 0.29) is 5.76 Å². The van der Waals surface area contributed by atoms with Crippen LogP contribution >= 0.6 is 0 Å². The molecule has 0 saturated carbocycles. The fourth-order valence-electron chi connectivity index (χ4n) is 0.674. The van der Waals surface area contributed by atoms with E-state index >= 15 is 0 Å². The lowest BCUT2D eigenvalue weighted by Gasteiger charge is -1.92. The zero-order valence-corrected chi connectivity index (χ0v) is 6.74. The summed E-state index contributed by atoms with van der Waals surface area (Å²) < 4.78 is 33.4. The number of ketones is 1. The molecule has 6 heteroatoms. The van der Waals surface area contributed by atoms with Crippen LogP contribution in [0.25, 0.3) is 0 Å². The van der Waals surface area contributed by atoms with E-state index in [2.05, 4.69) is 4.42 Å². The van der Waals surface area contributed by atoms with E-state index in [4.69, 9.17) is 4.55 Å². The Morgan fingerprint density at radius 1 is 1.58 bits per heavy atom. The number of carbonyl (C=O) groups is 1. The number of hydrogen-bond donors (Lipinski definition) is 1. The molecule has 1 aromatic rings. The maximum atomic E-state index is 10.9. The molecule has 0 amide bonds. The smallest absolute Gasteiger partial charge is 0.272 e. The Hall–Kier alpha value is -1.14. The van der Waals surface area contributed by atoms with Gasteiger partial charge in [0.1, 0.15) is 5.75 Å². The van der Waals surface area contributed by atoms with Crippen LogP contribution in [0.3, 0.4) is 0 Å². The summed E-state index contributed by atoms with van der Waals surface area (Å²) in [4.78, 5) is 10.9. The van der Waals surface area contributed by atoms with Gasteiger partial charge >= 0.3 is 0 Å². The maximum Gasteiger partial charge on any atom is 0.272 e. The first-order valence-electron chi connectivity index (χ1n) is 3.01. The minimum atomic E-state index is -4.26. The molecule has 0 aliphatic carbocycles. The van der Waals surface area contributed by atoms with Gasteiger partial charge in [-0.1, -0.05) is 0 Å². The summed E-state index contributed by atoms with van der Waals surface area (Å²) in [6.45, 7) is 0. The molecule has 1 aromatic heterocycles. The Bertz CT molecular complexity index is 361. The van der Waals surface area contributed by atoms with Crippen LogP contribution in [0.15, 0.2) is 22.8 Å². The van der Waals surface area contributed by atoms with Crippen molar-refractivity contribution in [1.82, 2.24) is 0 Å². The predicted molar refractivity (Wildman–Crippen MR) is 39.5 cm³/mol. The summed E-state index contributed by atoms with van der Waals surface area (Å²) in [6.07, 6.45) is 1.25. The van der Waals surface area contributed by atoms with Crippen molar-refractivity contribution in [1.29, 1.82) is 0 Å². The minimum absolute atomic E-state index is 0.0763. The summed E-state index contributed by atoms with van der Waals surface area (Å²) in [5, 5.41) is 0. The van der Waals surface area contributed by atoms with Gasteiger partial charge < -0.3 is 4.42 Å². The Labute approximate surface area is 68.7 Å². The second-order valence-electron chi connectivity index (χ2n) is 2.13. The maximum absolute atomic E-state index is 10.9. The Kier molecular flexibility index (Phi) is 2.30. The van der Waals surface area contributed by atoms with Crippen LogP contribution in [0.1, 0.15) is 10.6 Å². The first-order chi connectivity index (χ1) is 5.49. The van der Waals surface area contributed by atoms with Gasteiger partial charge in [0.2, 0.25) is 5.78 Å². The number of hydrogen-bond acceptors (Lipinski definition) is 4. The second kappa shape index (κ2) is 3.08. The number of Topliss-reactive ketones (excluding diaryl/α,β-unsaturated/α-hetero) is 1. The van der Waals surface area contributed by atoms with Gasteiger partial charge in [-0.25, -0.2) is 0 Å². The van der Waals surface area contributed by atoms with Crippen molar-refractivity contribution >= 4 is 15.9 Å². The molecule has 1 N–H and O–H groups in total. The van der Waals surface area contributed by atoms with Crippen LogP contribution in [-0.2, 0) is 10.1 Å². The highest BCUT2D eigenvalue weighted by Gasteiger charge is 2.16. The van der Waals surface area contributed by atoms with Crippen molar-refractivity contribution < 1.29 is 22.2 Å². The molecule has 12 heavy (non-hydrogen) atoms. The van der Waals surface area contributed by atoms with Gasteiger partial charge in [-0.05, 0) is 12.1 Å². The van der Waals surface area contributed by atoms with Crippen molar-refractivity contribution in [2.45, 2.75) is 0 Å². The van der Waals surface area contributed by atoms with Crippen LogP contribution in [0, 0.1) is 0 Å². The zero-order chi connectivity index (χ0) is 9.19. The van der Waals surface area contributed by atoms with Crippen LogP contribution in [0.5, 0.6) is 0 Å². The van der Waals surface area contributed by atoms with Gasteiger partial charge in [0.25, 0.3) is 10.1 Å². The van der Waals surface area contributed by atoms with Crippen molar-refractivity contribution in [3.8, 4) is 0 Å². The molecule has 0 spiro atoms. The van der Waals surface area contributed by atoms with Gasteiger partial charge in [-0.3, -0.25) is 9.35 Å². The van der Waals surface area contributed by atoms with Gasteiger partial charge in [0.15, 0.2) is 5.76 Å². The molecule has 0 radical (unpaired) electrons. The van der Waals surface area contributed by atoms with Crippen molar-refractivity contribution in [3.63, 3.8) is 0 Å². The third-order valence-corrected chi connectivity index (χ3v) is 1.74. The molecule has 1 heterocycles. The Morgan fingerprint density at radius 3 is 2.67 bits per heavy atom. The first kappa shape index (κ1) is 8.95. The molecule has 0 unspecified atom stereocenters. The molecule has 0 saturated heterocycles. The van der Waals surface area contributed by atoms with E-state index < -0.39 is 21.7 Å². The summed E-state index contributed by atoms with van der Waals surface area (Å²) in [7, 11) is -4.26. The molecule has 0 atom stereocenters. The average molecular weight is 190 g/mol. The summed E-state index contributed by atoms with van der Waals surface area (Å²) in [5.74, 6) is -1.78. The number of carbonyl (C=O) groups excluding carboxylic acids is 1. The SMILES string of the molecule is O=C(CS(=O)(=O)O)c1ccco1. The van der Waals surface area contributed by atoms with E-state index in [1.165, 1.54) is 18.4 Å². The standard InChI is InChI=1S/C6H6O5S/c7-5(4-12(8,9)10)6-2-1-3-11-6/h1-3H,4H2,(H,8,9,10).